The van der Waals surface area contributed by atoms with Crippen LogP contribution in [0.1, 0.15) is 50.2 Å². The van der Waals surface area contributed by atoms with Crippen molar-refractivity contribution in [3.8, 4) is 11.4 Å². The maximum absolute atomic E-state index is 6.47. The van der Waals surface area contributed by atoms with Crippen molar-refractivity contribution in [1.82, 2.24) is 24.9 Å². The Bertz CT molecular complexity index is 1170. The summed E-state index contributed by atoms with van der Waals surface area (Å²) in [6.07, 6.45) is 0. The van der Waals surface area contributed by atoms with Crippen LogP contribution in [0.15, 0.2) is 64.3 Å². The van der Waals surface area contributed by atoms with Crippen molar-refractivity contribution < 1.29 is 4.52 Å². The number of hydrogen-bond donors (Lipinski definition) is 0. The maximum atomic E-state index is 6.47. The third-order valence-electron chi connectivity index (χ3n) is 4.76. The molecule has 0 aliphatic rings. The monoisotopic (exact) mass is 453 g/mol. The molecule has 0 amide bonds. The van der Waals surface area contributed by atoms with Gasteiger partial charge in [0.2, 0.25) is 5.89 Å². The Labute approximate surface area is 191 Å². The van der Waals surface area contributed by atoms with Gasteiger partial charge in [0.15, 0.2) is 16.8 Å². The van der Waals surface area contributed by atoms with Gasteiger partial charge < -0.3 is 4.52 Å². The standard InChI is InChI=1S/C23H24ClN5OS/c1-15(20-25-21(28-30-20)23(2,3)4)31-22-27-26-19(17-12-8-9-13-18(17)24)29(22)14-16-10-6-5-7-11-16/h5-13,15H,14H2,1-4H3. The molecule has 2 aromatic carbocycles. The first-order chi connectivity index (χ1) is 14.8. The second kappa shape index (κ2) is 8.85. The lowest BCUT2D eigenvalue weighted by Gasteiger charge is -2.13. The first-order valence-corrected chi connectivity index (χ1v) is 11.3. The quantitative estimate of drug-likeness (QED) is 0.324. The van der Waals surface area contributed by atoms with Crippen LogP contribution in [0.5, 0.6) is 0 Å². The summed E-state index contributed by atoms with van der Waals surface area (Å²) < 4.78 is 7.62. The van der Waals surface area contributed by atoms with E-state index in [1.165, 1.54) is 11.8 Å². The van der Waals surface area contributed by atoms with E-state index in [0.717, 1.165) is 22.1 Å². The van der Waals surface area contributed by atoms with Crippen molar-refractivity contribution in [3.63, 3.8) is 0 Å². The Morgan fingerprint density at radius 2 is 1.74 bits per heavy atom. The lowest BCUT2D eigenvalue weighted by molar-refractivity contribution is 0.364. The van der Waals surface area contributed by atoms with Crippen LogP contribution in [0.2, 0.25) is 5.02 Å². The van der Waals surface area contributed by atoms with Gasteiger partial charge in [-0.1, -0.05) is 91.8 Å². The van der Waals surface area contributed by atoms with E-state index in [1.54, 1.807) is 0 Å². The number of aromatic nitrogens is 5. The van der Waals surface area contributed by atoms with Crippen LogP contribution < -0.4 is 0 Å². The number of hydrogen-bond acceptors (Lipinski definition) is 6. The van der Waals surface area contributed by atoms with E-state index in [1.807, 2.05) is 49.4 Å². The number of rotatable bonds is 6. The molecule has 2 heterocycles. The van der Waals surface area contributed by atoms with Gasteiger partial charge in [-0.15, -0.1) is 10.2 Å². The number of thioether (sulfide) groups is 1. The Hall–Kier alpha value is -2.64. The molecule has 1 unspecified atom stereocenters. The van der Waals surface area contributed by atoms with Crippen molar-refractivity contribution in [2.45, 2.75) is 50.1 Å². The number of nitrogens with zero attached hydrogens (tertiary/aromatic N) is 5. The van der Waals surface area contributed by atoms with E-state index in [2.05, 4.69) is 57.8 Å². The summed E-state index contributed by atoms with van der Waals surface area (Å²) in [6.45, 7) is 8.84. The summed E-state index contributed by atoms with van der Waals surface area (Å²) >= 11 is 8.01. The van der Waals surface area contributed by atoms with Crippen LogP contribution in [0.4, 0.5) is 0 Å². The van der Waals surface area contributed by atoms with Crippen LogP contribution in [0.3, 0.4) is 0 Å². The molecule has 0 radical (unpaired) electrons. The molecule has 160 valence electrons. The highest BCUT2D eigenvalue weighted by Gasteiger charge is 2.25. The lowest BCUT2D eigenvalue weighted by Crippen LogP contribution is -2.13. The molecule has 0 aliphatic heterocycles. The molecule has 4 rings (SSSR count). The molecule has 31 heavy (non-hydrogen) atoms. The Kier molecular flexibility index (Phi) is 6.16. The summed E-state index contributed by atoms with van der Waals surface area (Å²) in [7, 11) is 0. The molecule has 0 aliphatic carbocycles. The summed E-state index contributed by atoms with van der Waals surface area (Å²) in [5.41, 5.74) is 1.83. The van der Waals surface area contributed by atoms with Gasteiger partial charge in [0.1, 0.15) is 0 Å². The van der Waals surface area contributed by atoms with Gasteiger partial charge in [-0.25, -0.2) is 0 Å². The minimum Gasteiger partial charge on any atom is -0.338 e. The SMILES string of the molecule is CC(Sc1nnc(-c2ccccc2Cl)n1Cc1ccccc1)c1nc(C(C)(C)C)no1. The first kappa shape index (κ1) is 21.6. The minimum atomic E-state index is -0.170. The molecule has 0 saturated carbocycles. The van der Waals surface area contributed by atoms with Crippen LogP contribution in [-0.4, -0.2) is 24.9 Å². The predicted octanol–water partition coefficient (Wildman–Crippen LogP) is 6.18. The Morgan fingerprint density at radius 1 is 1.03 bits per heavy atom. The minimum absolute atomic E-state index is 0.0820. The fraction of sp³-hybridized carbons (Fsp3) is 0.304. The van der Waals surface area contributed by atoms with Crippen LogP contribution in [-0.2, 0) is 12.0 Å². The molecule has 4 aromatic rings. The molecule has 0 N–H and O–H groups in total. The third-order valence-corrected chi connectivity index (χ3v) is 6.16. The zero-order valence-corrected chi connectivity index (χ0v) is 19.5. The fourth-order valence-electron chi connectivity index (χ4n) is 3.04. The molecule has 8 heteroatoms. The summed E-state index contributed by atoms with van der Waals surface area (Å²) in [4.78, 5) is 4.59. The number of halogens is 1. The highest BCUT2D eigenvalue weighted by molar-refractivity contribution is 7.99. The van der Waals surface area contributed by atoms with E-state index in [-0.39, 0.29) is 10.7 Å². The van der Waals surface area contributed by atoms with Crippen LogP contribution in [0, 0.1) is 0 Å². The summed E-state index contributed by atoms with van der Waals surface area (Å²) in [5, 5.41) is 14.4. The summed E-state index contributed by atoms with van der Waals surface area (Å²) in [6, 6.07) is 17.9. The molecular weight excluding hydrogens is 430 g/mol. The fourth-order valence-corrected chi connectivity index (χ4v) is 4.14. The van der Waals surface area contributed by atoms with Gasteiger partial charge in [0.05, 0.1) is 16.8 Å². The average molecular weight is 454 g/mol. The van der Waals surface area contributed by atoms with Crippen LogP contribution >= 0.6 is 23.4 Å². The lowest BCUT2D eigenvalue weighted by atomic mass is 9.96. The first-order valence-electron chi connectivity index (χ1n) is 10.1. The van der Waals surface area contributed by atoms with Gasteiger partial charge >= 0.3 is 0 Å². The normalized spacial score (nSPS) is 12.8. The predicted molar refractivity (Wildman–Crippen MR) is 123 cm³/mol. The van der Waals surface area contributed by atoms with Gasteiger partial charge in [0, 0.05) is 11.0 Å². The van der Waals surface area contributed by atoms with E-state index in [4.69, 9.17) is 16.1 Å². The Balaban J connectivity index is 1.68. The highest BCUT2D eigenvalue weighted by Crippen LogP contribution is 2.37. The number of benzene rings is 2. The van der Waals surface area contributed by atoms with E-state index < -0.39 is 0 Å². The van der Waals surface area contributed by atoms with Crippen molar-refractivity contribution in [1.29, 1.82) is 0 Å². The van der Waals surface area contributed by atoms with Crippen LogP contribution in [0.25, 0.3) is 11.4 Å². The van der Waals surface area contributed by atoms with E-state index in [0.29, 0.717) is 23.3 Å². The molecule has 0 bridgehead atoms. The van der Waals surface area contributed by atoms with Crippen molar-refractivity contribution in [2.24, 2.45) is 0 Å². The molecule has 0 spiro atoms. The van der Waals surface area contributed by atoms with Gasteiger partial charge in [-0.3, -0.25) is 4.57 Å². The van der Waals surface area contributed by atoms with Crippen molar-refractivity contribution in [3.05, 3.63) is 76.9 Å². The molecule has 0 saturated heterocycles. The second-order valence-electron chi connectivity index (χ2n) is 8.32. The van der Waals surface area contributed by atoms with Gasteiger partial charge in [-0.2, -0.15) is 4.98 Å². The smallest absolute Gasteiger partial charge is 0.239 e. The molecule has 1 atom stereocenters. The summed E-state index contributed by atoms with van der Waals surface area (Å²) in [5.74, 6) is 1.99. The zero-order valence-electron chi connectivity index (χ0n) is 17.9. The molecule has 0 fully saturated rings. The Morgan fingerprint density at radius 3 is 2.42 bits per heavy atom. The van der Waals surface area contributed by atoms with E-state index in [9.17, 15) is 0 Å². The topological polar surface area (TPSA) is 69.6 Å². The van der Waals surface area contributed by atoms with E-state index >= 15 is 0 Å². The van der Waals surface area contributed by atoms with Gasteiger partial charge in [0.25, 0.3) is 0 Å². The van der Waals surface area contributed by atoms with Crippen molar-refractivity contribution >= 4 is 23.4 Å². The molecular formula is C23H24ClN5OS. The third kappa shape index (κ3) is 4.83. The largest absolute Gasteiger partial charge is 0.338 e. The average Bonchev–Trinajstić information content (AvgIpc) is 3.38. The maximum Gasteiger partial charge on any atom is 0.239 e. The zero-order chi connectivity index (χ0) is 22.0. The molecule has 6 nitrogen and oxygen atoms in total. The van der Waals surface area contributed by atoms with Gasteiger partial charge in [-0.05, 0) is 24.6 Å². The van der Waals surface area contributed by atoms with Crippen molar-refractivity contribution in [2.75, 3.05) is 0 Å². The highest BCUT2D eigenvalue weighted by atomic mass is 35.5. The molecule has 2 aromatic heterocycles. The second-order valence-corrected chi connectivity index (χ2v) is 10.0.